The minimum Gasteiger partial charge on any atom is -0.329 e. The lowest BCUT2D eigenvalue weighted by molar-refractivity contribution is 0.121. The summed E-state index contributed by atoms with van der Waals surface area (Å²) in [4.78, 5) is -0.141. The number of rotatable bonds is 8. The first-order valence-electron chi connectivity index (χ1n) is 6.33. The number of alkyl halides is 2. The van der Waals surface area contributed by atoms with Crippen molar-refractivity contribution in [3.63, 3.8) is 0 Å². The Morgan fingerprint density at radius 2 is 2.05 bits per heavy atom. The van der Waals surface area contributed by atoms with Crippen molar-refractivity contribution in [1.82, 2.24) is 14.5 Å². The van der Waals surface area contributed by atoms with E-state index in [1.807, 2.05) is 13.8 Å². The standard InChI is InChI=1S/C11H20F2N4O2S/c1-3-11(4-2,8-14)16-20(18,19)9-5-15-17(6-9)7-10(12)13/h5-6,10,16H,3-4,7-8,14H2,1-2H3. The highest BCUT2D eigenvalue weighted by atomic mass is 32.2. The highest BCUT2D eigenvalue weighted by molar-refractivity contribution is 7.89. The third-order valence-corrected chi connectivity index (χ3v) is 4.87. The second-order valence-corrected chi connectivity index (χ2v) is 6.27. The first-order chi connectivity index (χ1) is 9.28. The Labute approximate surface area is 117 Å². The van der Waals surface area contributed by atoms with Gasteiger partial charge in [-0.25, -0.2) is 21.9 Å². The largest absolute Gasteiger partial charge is 0.329 e. The van der Waals surface area contributed by atoms with Crippen molar-refractivity contribution in [2.24, 2.45) is 5.73 Å². The van der Waals surface area contributed by atoms with E-state index in [-0.39, 0.29) is 11.4 Å². The van der Waals surface area contributed by atoms with E-state index in [4.69, 9.17) is 5.73 Å². The lowest BCUT2D eigenvalue weighted by atomic mass is 9.95. The van der Waals surface area contributed by atoms with E-state index >= 15 is 0 Å². The Hall–Kier alpha value is -1.06. The van der Waals surface area contributed by atoms with Crippen LogP contribution in [0, 0.1) is 0 Å². The van der Waals surface area contributed by atoms with Gasteiger partial charge in [-0.05, 0) is 12.8 Å². The molecule has 1 aromatic rings. The van der Waals surface area contributed by atoms with Crippen LogP contribution in [-0.4, -0.2) is 36.7 Å². The molecule has 1 heterocycles. The van der Waals surface area contributed by atoms with Gasteiger partial charge in [0.25, 0.3) is 6.43 Å². The van der Waals surface area contributed by atoms with Gasteiger partial charge in [-0.15, -0.1) is 0 Å². The van der Waals surface area contributed by atoms with Crippen LogP contribution >= 0.6 is 0 Å². The molecule has 0 aliphatic carbocycles. The molecule has 3 N–H and O–H groups in total. The Kier molecular flexibility index (Phi) is 5.60. The fraction of sp³-hybridized carbons (Fsp3) is 0.727. The number of nitrogens with zero attached hydrogens (tertiary/aromatic N) is 2. The SMILES string of the molecule is CCC(CC)(CN)NS(=O)(=O)c1cnn(CC(F)F)c1. The topological polar surface area (TPSA) is 90.0 Å². The molecule has 0 amide bonds. The van der Waals surface area contributed by atoms with Crippen molar-refractivity contribution in [2.75, 3.05) is 6.54 Å². The van der Waals surface area contributed by atoms with E-state index in [1.54, 1.807) is 0 Å². The van der Waals surface area contributed by atoms with E-state index in [1.165, 1.54) is 0 Å². The summed E-state index contributed by atoms with van der Waals surface area (Å²) >= 11 is 0. The summed E-state index contributed by atoms with van der Waals surface area (Å²) in [5.41, 5.74) is 4.91. The summed E-state index contributed by atoms with van der Waals surface area (Å²) in [5, 5.41) is 3.62. The molecule has 0 atom stereocenters. The molecule has 0 radical (unpaired) electrons. The van der Waals surface area contributed by atoms with Gasteiger partial charge in [-0.2, -0.15) is 5.10 Å². The predicted octanol–water partition coefficient (Wildman–Crippen LogP) is 0.944. The second-order valence-electron chi connectivity index (χ2n) is 4.59. The first kappa shape index (κ1) is 17.0. The van der Waals surface area contributed by atoms with Gasteiger partial charge in [-0.1, -0.05) is 13.8 Å². The third-order valence-electron chi connectivity index (χ3n) is 3.34. The molecule has 0 spiro atoms. The average molecular weight is 310 g/mol. The molecular weight excluding hydrogens is 290 g/mol. The van der Waals surface area contributed by atoms with Crippen molar-refractivity contribution in [1.29, 1.82) is 0 Å². The highest BCUT2D eigenvalue weighted by Crippen LogP contribution is 2.18. The minimum atomic E-state index is -3.83. The summed E-state index contributed by atoms with van der Waals surface area (Å²) in [6, 6.07) is 0. The molecule has 0 aromatic carbocycles. The second kappa shape index (κ2) is 6.59. The summed E-state index contributed by atoms with van der Waals surface area (Å²) in [6.45, 7) is 3.18. The van der Waals surface area contributed by atoms with Crippen LogP contribution in [0.1, 0.15) is 26.7 Å². The van der Waals surface area contributed by atoms with Crippen LogP contribution in [0.2, 0.25) is 0 Å². The predicted molar refractivity (Wildman–Crippen MR) is 70.9 cm³/mol. The summed E-state index contributed by atoms with van der Waals surface area (Å²) in [7, 11) is -3.83. The molecule has 0 saturated heterocycles. The van der Waals surface area contributed by atoms with Gasteiger partial charge in [-0.3, -0.25) is 4.68 Å². The molecule has 0 aliphatic rings. The quantitative estimate of drug-likeness (QED) is 0.748. The lowest BCUT2D eigenvalue weighted by Crippen LogP contribution is -2.52. The van der Waals surface area contributed by atoms with Crippen LogP contribution in [0.15, 0.2) is 17.3 Å². The molecule has 6 nitrogen and oxygen atoms in total. The van der Waals surface area contributed by atoms with Crippen molar-refractivity contribution < 1.29 is 17.2 Å². The maximum Gasteiger partial charge on any atom is 0.257 e. The molecule has 1 rings (SSSR count). The van der Waals surface area contributed by atoms with Crippen molar-refractivity contribution in [3.8, 4) is 0 Å². The third kappa shape index (κ3) is 3.97. The van der Waals surface area contributed by atoms with Crippen LogP contribution in [-0.2, 0) is 16.6 Å². The maximum absolute atomic E-state index is 12.2. The molecule has 116 valence electrons. The molecular formula is C11H20F2N4O2S. The summed E-state index contributed by atoms with van der Waals surface area (Å²) in [6.07, 6.45) is 0.612. The van der Waals surface area contributed by atoms with E-state index < -0.39 is 28.5 Å². The van der Waals surface area contributed by atoms with Gasteiger partial charge in [0.05, 0.1) is 6.20 Å². The van der Waals surface area contributed by atoms with Gasteiger partial charge < -0.3 is 5.73 Å². The molecule has 0 unspecified atom stereocenters. The molecule has 0 saturated carbocycles. The van der Waals surface area contributed by atoms with E-state index in [0.717, 1.165) is 17.1 Å². The number of aromatic nitrogens is 2. The van der Waals surface area contributed by atoms with Crippen LogP contribution in [0.25, 0.3) is 0 Å². The molecule has 1 aromatic heterocycles. The number of halogens is 2. The van der Waals surface area contributed by atoms with Crippen LogP contribution < -0.4 is 10.5 Å². The monoisotopic (exact) mass is 310 g/mol. The molecule has 0 fully saturated rings. The van der Waals surface area contributed by atoms with Gasteiger partial charge in [0.1, 0.15) is 11.4 Å². The number of nitrogens with one attached hydrogen (secondary N) is 1. The Bertz CT molecular complexity index is 518. The van der Waals surface area contributed by atoms with Crippen LogP contribution in [0.3, 0.4) is 0 Å². The minimum absolute atomic E-state index is 0.141. The molecule has 20 heavy (non-hydrogen) atoms. The molecule has 0 aliphatic heterocycles. The number of nitrogens with two attached hydrogens (primary N) is 1. The van der Waals surface area contributed by atoms with Gasteiger partial charge in [0.15, 0.2) is 0 Å². The Morgan fingerprint density at radius 1 is 1.45 bits per heavy atom. The van der Waals surface area contributed by atoms with Crippen molar-refractivity contribution in [2.45, 2.75) is 50.1 Å². The first-order valence-corrected chi connectivity index (χ1v) is 7.81. The fourth-order valence-electron chi connectivity index (χ4n) is 1.79. The lowest BCUT2D eigenvalue weighted by Gasteiger charge is -2.30. The van der Waals surface area contributed by atoms with E-state index in [2.05, 4.69) is 9.82 Å². The van der Waals surface area contributed by atoms with E-state index in [9.17, 15) is 17.2 Å². The van der Waals surface area contributed by atoms with Gasteiger partial charge in [0, 0.05) is 18.3 Å². The molecule has 9 heteroatoms. The highest BCUT2D eigenvalue weighted by Gasteiger charge is 2.31. The zero-order valence-corrected chi connectivity index (χ0v) is 12.3. The summed E-state index contributed by atoms with van der Waals surface area (Å²) < 4.78 is 52.3. The number of hydrogen-bond donors (Lipinski definition) is 2. The fourth-order valence-corrected chi connectivity index (χ4v) is 3.30. The normalized spacial score (nSPS) is 13.1. The van der Waals surface area contributed by atoms with Crippen LogP contribution in [0.4, 0.5) is 8.78 Å². The summed E-state index contributed by atoms with van der Waals surface area (Å²) in [5.74, 6) is 0. The number of hydrogen-bond acceptors (Lipinski definition) is 4. The van der Waals surface area contributed by atoms with Crippen molar-refractivity contribution in [3.05, 3.63) is 12.4 Å². The van der Waals surface area contributed by atoms with Crippen molar-refractivity contribution >= 4 is 10.0 Å². The zero-order valence-electron chi connectivity index (χ0n) is 11.5. The zero-order chi connectivity index (χ0) is 15.4. The Balaban J connectivity index is 2.96. The van der Waals surface area contributed by atoms with Crippen LogP contribution in [0.5, 0.6) is 0 Å². The maximum atomic E-state index is 12.2. The molecule has 0 bridgehead atoms. The number of sulfonamides is 1. The Morgan fingerprint density at radius 3 is 2.50 bits per heavy atom. The van der Waals surface area contributed by atoms with Gasteiger partial charge in [0.2, 0.25) is 10.0 Å². The smallest absolute Gasteiger partial charge is 0.257 e. The van der Waals surface area contributed by atoms with E-state index in [0.29, 0.717) is 12.8 Å². The van der Waals surface area contributed by atoms with Gasteiger partial charge >= 0.3 is 0 Å². The average Bonchev–Trinajstić information content (AvgIpc) is 2.84.